The fourth-order valence-corrected chi connectivity index (χ4v) is 3.07. The van der Waals surface area contributed by atoms with Crippen LogP contribution in [0.15, 0.2) is 54.6 Å². The summed E-state index contributed by atoms with van der Waals surface area (Å²) in [7, 11) is 0. The topological polar surface area (TPSA) is 70.2 Å². The number of carbonyl (C=O) groups excluding carboxylic acids is 1. The van der Waals surface area contributed by atoms with Crippen LogP contribution in [0.2, 0.25) is 0 Å². The molecule has 0 aliphatic heterocycles. The largest absolute Gasteiger partial charge is 0.478 e. The molecule has 0 saturated carbocycles. The molecule has 1 aromatic heterocycles. The van der Waals surface area contributed by atoms with Crippen LogP contribution in [0, 0.1) is 13.8 Å². The van der Waals surface area contributed by atoms with Crippen molar-refractivity contribution < 1.29 is 14.7 Å². The predicted octanol–water partition coefficient (Wildman–Crippen LogP) is 4.73. The van der Waals surface area contributed by atoms with Gasteiger partial charge in [-0.15, -0.1) is 0 Å². The molecule has 1 heterocycles. The van der Waals surface area contributed by atoms with Crippen molar-refractivity contribution in [3.05, 3.63) is 93.8 Å². The summed E-state index contributed by atoms with van der Waals surface area (Å²) >= 11 is 0. The van der Waals surface area contributed by atoms with Gasteiger partial charge in [-0.3, -0.25) is 4.79 Å². The third kappa shape index (κ3) is 3.35. The number of ketones is 1. The van der Waals surface area contributed by atoms with Crippen LogP contribution in [0.25, 0.3) is 12.2 Å². The Bertz CT molecular complexity index is 997. The van der Waals surface area contributed by atoms with E-state index in [1.165, 1.54) is 0 Å². The van der Waals surface area contributed by atoms with E-state index in [0.29, 0.717) is 17.0 Å². The molecule has 4 nitrogen and oxygen atoms in total. The van der Waals surface area contributed by atoms with Crippen LogP contribution in [0.3, 0.4) is 0 Å². The molecule has 0 atom stereocenters. The van der Waals surface area contributed by atoms with E-state index in [4.69, 9.17) is 0 Å². The van der Waals surface area contributed by atoms with Gasteiger partial charge >= 0.3 is 5.97 Å². The van der Waals surface area contributed by atoms with Crippen molar-refractivity contribution in [2.45, 2.75) is 13.8 Å². The minimum atomic E-state index is -1.10. The number of aromatic amines is 1. The molecule has 0 bridgehead atoms. The maximum Gasteiger partial charge on any atom is 0.338 e. The van der Waals surface area contributed by atoms with Gasteiger partial charge in [-0.2, -0.15) is 0 Å². The second kappa shape index (κ2) is 7.23. The second-order valence-corrected chi connectivity index (χ2v) is 6.09. The van der Waals surface area contributed by atoms with Crippen molar-refractivity contribution in [1.82, 2.24) is 4.98 Å². The first-order valence-electron chi connectivity index (χ1n) is 8.28. The van der Waals surface area contributed by atoms with E-state index in [1.807, 2.05) is 54.6 Å². The highest BCUT2D eigenvalue weighted by Gasteiger charge is 2.25. The van der Waals surface area contributed by atoms with Crippen molar-refractivity contribution in [2.75, 3.05) is 0 Å². The maximum atomic E-state index is 13.1. The number of nitrogens with one attached hydrogen (secondary N) is 1. The monoisotopic (exact) mass is 345 g/mol. The van der Waals surface area contributed by atoms with Gasteiger partial charge in [0, 0.05) is 17.0 Å². The first-order chi connectivity index (χ1) is 12.5. The Kier molecular flexibility index (Phi) is 4.85. The Hall–Kier alpha value is -3.40. The predicted molar refractivity (Wildman–Crippen MR) is 102 cm³/mol. The zero-order valence-corrected chi connectivity index (χ0v) is 14.6. The zero-order chi connectivity index (χ0) is 18.7. The highest BCUT2D eigenvalue weighted by molar-refractivity contribution is 6.17. The average molecular weight is 345 g/mol. The van der Waals surface area contributed by atoms with Crippen molar-refractivity contribution in [3.63, 3.8) is 0 Å². The molecule has 0 amide bonds. The number of aromatic nitrogens is 1. The number of benzene rings is 2. The molecule has 2 N–H and O–H groups in total. The summed E-state index contributed by atoms with van der Waals surface area (Å²) < 4.78 is 0. The van der Waals surface area contributed by atoms with Crippen molar-refractivity contribution >= 4 is 23.9 Å². The molecule has 0 aliphatic rings. The van der Waals surface area contributed by atoms with Crippen LogP contribution in [0.5, 0.6) is 0 Å². The number of hydrogen-bond acceptors (Lipinski definition) is 2. The van der Waals surface area contributed by atoms with E-state index in [2.05, 4.69) is 4.98 Å². The van der Waals surface area contributed by atoms with Crippen LogP contribution in [0.4, 0.5) is 0 Å². The number of aryl methyl sites for hydroxylation is 2. The van der Waals surface area contributed by atoms with Gasteiger partial charge < -0.3 is 10.1 Å². The third-order valence-corrected chi connectivity index (χ3v) is 4.28. The standard InChI is InChI=1S/C22H19NO3/c1-14-19(20(22(25)26)15(2)23-14)21(24)18-11-7-6-10-17(18)13-12-16-8-4-3-5-9-16/h3-13,23H,1-2H3,(H,25,26). The SMILES string of the molecule is Cc1[nH]c(C)c(C(=O)c2ccccc2C=Cc2ccccc2)c1C(=O)O. The quantitative estimate of drug-likeness (QED) is 0.519. The normalized spacial score (nSPS) is 11.0. The number of carboxylic acid groups (broad SMARTS) is 1. The van der Waals surface area contributed by atoms with E-state index in [9.17, 15) is 14.7 Å². The lowest BCUT2D eigenvalue weighted by Crippen LogP contribution is -2.10. The Morgan fingerprint density at radius 1 is 0.846 bits per heavy atom. The molecule has 2 aromatic carbocycles. The van der Waals surface area contributed by atoms with Crippen LogP contribution in [-0.2, 0) is 0 Å². The summed E-state index contributed by atoms with van der Waals surface area (Å²) in [5.74, 6) is -1.40. The van der Waals surface area contributed by atoms with Gasteiger partial charge in [0.25, 0.3) is 0 Å². The van der Waals surface area contributed by atoms with E-state index in [0.717, 1.165) is 11.1 Å². The number of rotatable bonds is 5. The second-order valence-electron chi connectivity index (χ2n) is 6.09. The van der Waals surface area contributed by atoms with E-state index in [1.54, 1.807) is 26.0 Å². The molecule has 0 unspecified atom stereocenters. The maximum absolute atomic E-state index is 13.1. The third-order valence-electron chi connectivity index (χ3n) is 4.28. The molecule has 3 aromatic rings. The fourth-order valence-electron chi connectivity index (χ4n) is 3.07. The summed E-state index contributed by atoms with van der Waals surface area (Å²) in [6.45, 7) is 3.38. The average Bonchev–Trinajstić information content (AvgIpc) is 2.94. The zero-order valence-electron chi connectivity index (χ0n) is 14.6. The first-order valence-corrected chi connectivity index (χ1v) is 8.28. The first kappa shape index (κ1) is 17.4. The Morgan fingerprint density at radius 3 is 2.15 bits per heavy atom. The highest BCUT2D eigenvalue weighted by atomic mass is 16.4. The lowest BCUT2D eigenvalue weighted by molar-refractivity contribution is 0.0692. The van der Waals surface area contributed by atoms with Crippen molar-refractivity contribution in [1.29, 1.82) is 0 Å². The molecule has 4 heteroatoms. The van der Waals surface area contributed by atoms with Crippen molar-refractivity contribution in [3.8, 4) is 0 Å². The molecular formula is C22H19NO3. The minimum absolute atomic E-state index is 0.0364. The summed E-state index contributed by atoms with van der Waals surface area (Å²) in [6, 6.07) is 17.0. The summed E-state index contributed by atoms with van der Waals surface area (Å²) in [6.07, 6.45) is 3.80. The van der Waals surface area contributed by atoms with Crippen LogP contribution in [-0.4, -0.2) is 21.8 Å². The van der Waals surface area contributed by atoms with Gasteiger partial charge in [-0.1, -0.05) is 66.7 Å². The number of aromatic carboxylic acids is 1. The van der Waals surface area contributed by atoms with Crippen molar-refractivity contribution in [2.24, 2.45) is 0 Å². The molecule has 0 fully saturated rings. The lowest BCUT2D eigenvalue weighted by Gasteiger charge is -2.07. The summed E-state index contributed by atoms with van der Waals surface area (Å²) in [5.41, 5.74) is 3.54. The minimum Gasteiger partial charge on any atom is -0.478 e. The van der Waals surface area contributed by atoms with Gasteiger partial charge in [-0.25, -0.2) is 4.79 Å². The Balaban J connectivity index is 2.05. The van der Waals surface area contributed by atoms with E-state index < -0.39 is 5.97 Å². The molecule has 0 spiro atoms. The van der Waals surface area contributed by atoms with E-state index >= 15 is 0 Å². The molecule has 130 valence electrons. The summed E-state index contributed by atoms with van der Waals surface area (Å²) in [5, 5.41) is 9.49. The van der Waals surface area contributed by atoms with Gasteiger partial charge in [0.2, 0.25) is 0 Å². The Morgan fingerprint density at radius 2 is 1.46 bits per heavy atom. The molecule has 0 aliphatic carbocycles. The number of carbonyl (C=O) groups is 2. The molecule has 0 saturated heterocycles. The van der Waals surface area contributed by atoms with Gasteiger partial charge in [-0.05, 0) is 25.0 Å². The highest BCUT2D eigenvalue weighted by Crippen LogP contribution is 2.24. The number of H-pyrrole nitrogens is 1. The molecular weight excluding hydrogens is 326 g/mol. The number of hydrogen-bond donors (Lipinski definition) is 2. The van der Waals surface area contributed by atoms with Gasteiger partial charge in [0.05, 0.1) is 11.1 Å². The number of carboxylic acids is 1. The smallest absolute Gasteiger partial charge is 0.338 e. The molecule has 0 radical (unpaired) electrons. The van der Waals surface area contributed by atoms with E-state index in [-0.39, 0.29) is 16.9 Å². The van der Waals surface area contributed by atoms with Crippen LogP contribution in [0.1, 0.15) is 48.8 Å². The Labute approximate surface area is 151 Å². The molecule has 3 rings (SSSR count). The van der Waals surface area contributed by atoms with Gasteiger partial charge in [0.1, 0.15) is 0 Å². The molecule has 26 heavy (non-hydrogen) atoms. The lowest BCUT2D eigenvalue weighted by atomic mass is 9.95. The van der Waals surface area contributed by atoms with Gasteiger partial charge in [0.15, 0.2) is 5.78 Å². The van der Waals surface area contributed by atoms with Crippen LogP contribution < -0.4 is 0 Å². The summed E-state index contributed by atoms with van der Waals surface area (Å²) in [4.78, 5) is 27.7. The fraction of sp³-hybridized carbons (Fsp3) is 0.0909. The van der Waals surface area contributed by atoms with Crippen LogP contribution >= 0.6 is 0 Å².